The Morgan fingerprint density at radius 1 is 1.03 bits per heavy atom. The Bertz CT molecular complexity index is 1110. The minimum Gasteiger partial charge on any atom is -0.480 e. The third kappa shape index (κ3) is 4.61. The molecule has 3 aromatic rings. The molecule has 0 aliphatic carbocycles. The maximum absolute atomic E-state index is 12.3. The standard InChI is InChI=1S/C25H25NO4/c1-17(23(27)28)26(30-24(29)25(2,3)4)15-9-14-22-20-12-7-5-10-18(20)16-19-11-6-8-13-21(19)22/h5-8,10-13,16-17H,15H2,1-4H3,(H,27,28)/t17-/m0/s1. The van der Waals surface area contributed by atoms with Gasteiger partial charge < -0.3 is 9.94 Å². The molecule has 1 atom stereocenters. The molecular weight excluding hydrogens is 378 g/mol. The molecule has 154 valence electrons. The molecule has 5 heteroatoms. The van der Waals surface area contributed by atoms with Crippen molar-refractivity contribution in [2.45, 2.75) is 33.7 Å². The van der Waals surface area contributed by atoms with Crippen LogP contribution in [0.3, 0.4) is 0 Å². The number of rotatable bonds is 4. The van der Waals surface area contributed by atoms with E-state index in [1.807, 2.05) is 48.5 Å². The Kier molecular flexibility index (Phi) is 6.09. The number of hydroxylamine groups is 2. The molecule has 3 aromatic carbocycles. The summed E-state index contributed by atoms with van der Waals surface area (Å²) < 4.78 is 0. The molecular formula is C25H25NO4. The molecule has 0 unspecified atom stereocenters. The maximum Gasteiger partial charge on any atom is 0.330 e. The van der Waals surface area contributed by atoms with Crippen LogP contribution in [-0.2, 0) is 14.4 Å². The maximum atomic E-state index is 12.3. The number of hydrogen-bond donors (Lipinski definition) is 1. The van der Waals surface area contributed by atoms with Crippen molar-refractivity contribution in [2.24, 2.45) is 5.41 Å². The lowest BCUT2D eigenvalue weighted by Crippen LogP contribution is -2.43. The third-order valence-electron chi connectivity index (χ3n) is 4.82. The normalized spacial score (nSPS) is 12.4. The first-order valence-corrected chi connectivity index (χ1v) is 9.79. The lowest BCUT2D eigenvalue weighted by atomic mass is 9.97. The van der Waals surface area contributed by atoms with E-state index in [1.165, 1.54) is 6.92 Å². The molecule has 0 radical (unpaired) electrons. The fraction of sp³-hybridized carbons (Fsp3) is 0.280. The van der Waals surface area contributed by atoms with Crippen molar-refractivity contribution in [2.75, 3.05) is 6.54 Å². The second kappa shape index (κ2) is 8.56. The van der Waals surface area contributed by atoms with E-state index >= 15 is 0 Å². The molecule has 0 aromatic heterocycles. The van der Waals surface area contributed by atoms with Crippen LogP contribution in [0.4, 0.5) is 0 Å². The van der Waals surface area contributed by atoms with Crippen LogP contribution in [0.5, 0.6) is 0 Å². The molecule has 3 rings (SSSR count). The molecule has 0 spiro atoms. The molecule has 0 heterocycles. The van der Waals surface area contributed by atoms with Gasteiger partial charge in [-0.05, 0) is 55.3 Å². The van der Waals surface area contributed by atoms with Crippen molar-refractivity contribution < 1.29 is 19.5 Å². The first-order chi connectivity index (χ1) is 14.2. The van der Waals surface area contributed by atoms with Gasteiger partial charge >= 0.3 is 11.9 Å². The predicted octanol–water partition coefficient (Wildman–Crippen LogP) is 4.62. The van der Waals surface area contributed by atoms with Crippen molar-refractivity contribution in [3.05, 3.63) is 60.2 Å². The molecule has 0 saturated heterocycles. The van der Waals surface area contributed by atoms with Crippen LogP contribution >= 0.6 is 0 Å². The lowest BCUT2D eigenvalue weighted by Gasteiger charge is -2.26. The number of benzene rings is 3. The van der Waals surface area contributed by atoms with Crippen LogP contribution in [-0.4, -0.2) is 34.7 Å². The van der Waals surface area contributed by atoms with Gasteiger partial charge in [-0.25, -0.2) is 4.79 Å². The van der Waals surface area contributed by atoms with Crippen LogP contribution in [0.2, 0.25) is 0 Å². The van der Waals surface area contributed by atoms with Gasteiger partial charge in [-0.1, -0.05) is 60.4 Å². The van der Waals surface area contributed by atoms with Gasteiger partial charge in [0.1, 0.15) is 6.04 Å². The fourth-order valence-corrected chi connectivity index (χ4v) is 2.97. The highest BCUT2D eigenvalue weighted by Gasteiger charge is 2.30. The third-order valence-corrected chi connectivity index (χ3v) is 4.82. The molecule has 0 bridgehead atoms. The van der Waals surface area contributed by atoms with E-state index in [1.54, 1.807) is 20.8 Å². The van der Waals surface area contributed by atoms with Crippen molar-refractivity contribution >= 4 is 33.5 Å². The Labute approximate surface area is 176 Å². The summed E-state index contributed by atoms with van der Waals surface area (Å²) in [6.45, 7) is 6.59. The summed E-state index contributed by atoms with van der Waals surface area (Å²) in [5, 5.41) is 14.7. The SMILES string of the molecule is C[C@@H](C(=O)O)N(CC#Cc1c2ccccc2cc2ccccc12)OC(=O)C(C)(C)C. The van der Waals surface area contributed by atoms with Gasteiger partial charge in [-0.15, -0.1) is 5.06 Å². The number of carboxylic acids is 1. The summed E-state index contributed by atoms with van der Waals surface area (Å²) in [7, 11) is 0. The van der Waals surface area contributed by atoms with Crippen LogP contribution in [0, 0.1) is 17.3 Å². The summed E-state index contributed by atoms with van der Waals surface area (Å²) in [5.41, 5.74) is 0.115. The zero-order chi connectivity index (χ0) is 21.9. The Balaban J connectivity index is 1.99. The predicted molar refractivity (Wildman–Crippen MR) is 118 cm³/mol. The number of hydrogen-bond acceptors (Lipinski definition) is 4. The van der Waals surface area contributed by atoms with Crippen LogP contribution in [0.1, 0.15) is 33.3 Å². The Hall–Kier alpha value is -3.36. The van der Waals surface area contributed by atoms with Crippen molar-refractivity contribution in [3.8, 4) is 11.8 Å². The quantitative estimate of drug-likeness (QED) is 0.391. The van der Waals surface area contributed by atoms with Gasteiger partial charge in [0, 0.05) is 5.56 Å². The molecule has 0 saturated carbocycles. The second-order valence-corrected chi connectivity index (χ2v) is 8.21. The number of carbonyl (C=O) groups is 2. The molecule has 1 N–H and O–H groups in total. The molecule has 30 heavy (non-hydrogen) atoms. The molecule has 0 aliphatic rings. The summed E-state index contributed by atoms with van der Waals surface area (Å²) in [5.74, 6) is 4.61. The number of carboxylic acid groups (broad SMARTS) is 1. The number of nitrogens with zero attached hydrogens (tertiary/aromatic N) is 1. The number of fused-ring (bicyclic) bond motifs is 2. The summed E-state index contributed by atoms with van der Waals surface area (Å²) in [4.78, 5) is 29.1. The summed E-state index contributed by atoms with van der Waals surface area (Å²) >= 11 is 0. The van der Waals surface area contributed by atoms with Crippen LogP contribution in [0.15, 0.2) is 54.6 Å². The van der Waals surface area contributed by atoms with E-state index < -0.39 is 23.4 Å². The van der Waals surface area contributed by atoms with Gasteiger partial charge in [-0.2, -0.15) is 0 Å². The van der Waals surface area contributed by atoms with Gasteiger partial charge in [0.25, 0.3) is 0 Å². The van der Waals surface area contributed by atoms with E-state index in [0.717, 1.165) is 32.2 Å². The number of carbonyl (C=O) groups excluding carboxylic acids is 1. The highest BCUT2D eigenvalue weighted by atomic mass is 16.7. The molecule has 5 nitrogen and oxygen atoms in total. The largest absolute Gasteiger partial charge is 0.480 e. The van der Waals surface area contributed by atoms with E-state index in [4.69, 9.17) is 4.84 Å². The van der Waals surface area contributed by atoms with Crippen molar-refractivity contribution in [1.82, 2.24) is 5.06 Å². The smallest absolute Gasteiger partial charge is 0.330 e. The lowest BCUT2D eigenvalue weighted by molar-refractivity contribution is -0.209. The second-order valence-electron chi connectivity index (χ2n) is 8.21. The summed E-state index contributed by atoms with van der Waals surface area (Å²) in [6, 6.07) is 17.1. The van der Waals surface area contributed by atoms with Gasteiger partial charge in [0.05, 0.1) is 12.0 Å². The van der Waals surface area contributed by atoms with Gasteiger partial charge in [0.15, 0.2) is 0 Å². The minimum atomic E-state index is -1.09. The Morgan fingerprint density at radius 3 is 2.07 bits per heavy atom. The zero-order valence-electron chi connectivity index (χ0n) is 17.6. The van der Waals surface area contributed by atoms with Crippen molar-refractivity contribution in [3.63, 3.8) is 0 Å². The van der Waals surface area contributed by atoms with E-state index in [2.05, 4.69) is 17.9 Å². The first-order valence-electron chi connectivity index (χ1n) is 9.79. The van der Waals surface area contributed by atoms with E-state index in [9.17, 15) is 14.7 Å². The average Bonchev–Trinajstić information content (AvgIpc) is 2.70. The molecule has 0 fully saturated rings. The highest BCUT2D eigenvalue weighted by Crippen LogP contribution is 2.27. The topological polar surface area (TPSA) is 66.8 Å². The monoisotopic (exact) mass is 403 g/mol. The first kappa shape index (κ1) is 21.4. The zero-order valence-corrected chi connectivity index (χ0v) is 17.6. The van der Waals surface area contributed by atoms with E-state index in [-0.39, 0.29) is 6.54 Å². The van der Waals surface area contributed by atoms with E-state index in [0.29, 0.717) is 0 Å². The number of aliphatic carboxylic acids is 1. The molecule has 0 aliphatic heterocycles. The average molecular weight is 403 g/mol. The summed E-state index contributed by atoms with van der Waals surface area (Å²) in [6.07, 6.45) is 0. The fourth-order valence-electron chi connectivity index (χ4n) is 2.97. The van der Waals surface area contributed by atoms with Crippen LogP contribution in [0.25, 0.3) is 21.5 Å². The van der Waals surface area contributed by atoms with Crippen molar-refractivity contribution in [1.29, 1.82) is 0 Å². The van der Waals surface area contributed by atoms with Gasteiger partial charge in [-0.3, -0.25) is 4.79 Å². The Morgan fingerprint density at radius 2 is 1.57 bits per heavy atom. The molecule has 0 amide bonds. The van der Waals surface area contributed by atoms with Gasteiger partial charge in [0.2, 0.25) is 0 Å². The van der Waals surface area contributed by atoms with Crippen LogP contribution < -0.4 is 0 Å². The highest BCUT2D eigenvalue weighted by molar-refractivity contribution is 6.04. The minimum absolute atomic E-state index is 0.0210.